The molecule has 0 radical (unpaired) electrons. The molecule has 0 heterocycles. The summed E-state index contributed by atoms with van der Waals surface area (Å²) in [5.41, 5.74) is 0. The van der Waals surface area contributed by atoms with Gasteiger partial charge in [-0.05, 0) is 77.0 Å². The number of carbonyl (C=O) groups excluding carboxylic acids is 2. The third-order valence-electron chi connectivity index (χ3n) is 8.15. The monoisotopic (exact) mass is 752 g/mol. The normalized spacial score (nSPS) is 14.0. The highest BCUT2D eigenvalue weighted by Crippen LogP contribution is 2.42. The summed E-state index contributed by atoms with van der Waals surface area (Å²) in [5, 5.41) is 12.6. The molecule has 300 valence electrons. The Bertz CT molecular complexity index is 1040. The van der Waals surface area contributed by atoms with Crippen molar-refractivity contribution < 1.29 is 37.9 Å². The molecule has 0 fully saturated rings. The summed E-state index contributed by atoms with van der Waals surface area (Å²) in [6.07, 6.45) is 44.4. The zero-order valence-corrected chi connectivity index (χ0v) is 33.6. The summed E-state index contributed by atoms with van der Waals surface area (Å²) >= 11 is 0. The maximum atomic E-state index is 12.1. The van der Waals surface area contributed by atoms with Gasteiger partial charge >= 0.3 is 13.8 Å². The van der Waals surface area contributed by atoms with E-state index in [9.17, 15) is 24.2 Å². The molecular formula is C42H74NO8P. The molecule has 0 saturated carbocycles. The van der Waals surface area contributed by atoms with Crippen LogP contribution in [0.3, 0.4) is 0 Å². The van der Waals surface area contributed by atoms with Crippen molar-refractivity contribution in [2.24, 2.45) is 0 Å². The number of ether oxygens (including phenoxy) is 1. The molecule has 0 aromatic heterocycles. The number of nitrogens with one attached hydrogen (secondary N) is 1. The predicted octanol–water partition coefficient (Wildman–Crippen LogP) is 10.9. The van der Waals surface area contributed by atoms with Crippen LogP contribution in [0.1, 0.15) is 162 Å². The molecule has 0 aliphatic rings. The summed E-state index contributed by atoms with van der Waals surface area (Å²) in [7, 11) is -4.42. The van der Waals surface area contributed by atoms with E-state index in [0.717, 1.165) is 103 Å². The van der Waals surface area contributed by atoms with Crippen molar-refractivity contribution in [2.45, 2.75) is 168 Å². The van der Waals surface area contributed by atoms with Crippen molar-refractivity contribution in [1.82, 2.24) is 5.32 Å². The first-order valence-corrected chi connectivity index (χ1v) is 21.8. The first-order valence-electron chi connectivity index (χ1n) is 20.3. The number of hydrogen-bond donors (Lipinski definition) is 3. The Labute approximate surface area is 317 Å². The molecule has 0 aliphatic heterocycles. The first kappa shape index (κ1) is 49.7. The average molecular weight is 752 g/mol. The fourth-order valence-corrected chi connectivity index (χ4v) is 5.83. The second-order valence-corrected chi connectivity index (χ2v) is 14.7. The van der Waals surface area contributed by atoms with Gasteiger partial charge in [0.05, 0.1) is 13.2 Å². The Balaban J connectivity index is 3.66. The van der Waals surface area contributed by atoms with E-state index < -0.39 is 26.5 Å². The van der Waals surface area contributed by atoms with Gasteiger partial charge in [0.25, 0.3) is 0 Å². The van der Waals surface area contributed by atoms with Gasteiger partial charge < -0.3 is 20.1 Å². The molecule has 0 spiro atoms. The smallest absolute Gasteiger partial charge is 0.463 e. The summed E-state index contributed by atoms with van der Waals surface area (Å²) in [5.74, 6) is -0.551. The molecule has 10 heteroatoms. The van der Waals surface area contributed by atoms with Crippen molar-refractivity contribution in [1.29, 1.82) is 0 Å². The van der Waals surface area contributed by atoms with Gasteiger partial charge in [-0.15, -0.1) is 0 Å². The molecule has 9 nitrogen and oxygen atoms in total. The molecule has 0 rings (SSSR count). The fraction of sp³-hybridized carbons (Fsp3) is 0.714. The largest absolute Gasteiger partial charge is 0.472 e. The van der Waals surface area contributed by atoms with Gasteiger partial charge in [0, 0.05) is 19.4 Å². The fourth-order valence-electron chi connectivity index (χ4n) is 5.07. The number of hydrogen-bond acceptors (Lipinski definition) is 7. The van der Waals surface area contributed by atoms with Gasteiger partial charge in [-0.25, -0.2) is 4.57 Å². The number of phosphoric acid groups is 1. The summed E-state index contributed by atoms with van der Waals surface area (Å²) in [4.78, 5) is 33.8. The highest BCUT2D eigenvalue weighted by Gasteiger charge is 2.23. The van der Waals surface area contributed by atoms with E-state index in [1.54, 1.807) is 0 Å². The van der Waals surface area contributed by atoms with E-state index in [2.05, 4.69) is 79.9 Å². The lowest BCUT2D eigenvalue weighted by atomic mass is 10.1. The maximum absolute atomic E-state index is 12.1. The molecule has 2 unspecified atom stereocenters. The molecular weight excluding hydrogens is 677 g/mol. The lowest BCUT2D eigenvalue weighted by Crippen LogP contribution is -2.27. The van der Waals surface area contributed by atoms with E-state index in [1.165, 1.54) is 32.1 Å². The van der Waals surface area contributed by atoms with Crippen molar-refractivity contribution in [3.63, 3.8) is 0 Å². The van der Waals surface area contributed by atoms with Crippen molar-refractivity contribution >= 4 is 19.7 Å². The van der Waals surface area contributed by atoms with Gasteiger partial charge in [0.1, 0.15) is 12.7 Å². The van der Waals surface area contributed by atoms with Crippen LogP contribution < -0.4 is 5.32 Å². The Hall–Kier alpha value is -2.29. The number of esters is 1. The minimum atomic E-state index is -4.42. The van der Waals surface area contributed by atoms with E-state index >= 15 is 0 Å². The quantitative estimate of drug-likeness (QED) is 0.0247. The van der Waals surface area contributed by atoms with Crippen LogP contribution in [0.25, 0.3) is 0 Å². The van der Waals surface area contributed by atoms with Gasteiger partial charge in [-0.2, -0.15) is 0 Å². The Morgan fingerprint density at radius 2 is 1.08 bits per heavy atom. The predicted molar refractivity (Wildman–Crippen MR) is 215 cm³/mol. The number of unbranched alkanes of at least 4 members (excludes halogenated alkanes) is 14. The molecule has 0 aliphatic carbocycles. The molecule has 1 amide bonds. The highest BCUT2D eigenvalue weighted by atomic mass is 31.2. The summed E-state index contributed by atoms with van der Waals surface area (Å²) in [6.45, 7) is 3.40. The number of phosphoric ester groups is 1. The zero-order valence-electron chi connectivity index (χ0n) is 32.7. The Kier molecular flexibility index (Phi) is 36.7. The van der Waals surface area contributed by atoms with Crippen LogP contribution in [0.5, 0.6) is 0 Å². The van der Waals surface area contributed by atoms with Crippen molar-refractivity contribution in [3.8, 4) is 0 Å². The first-order chi connectivity index (χ1) is 25.3. The van der Waals surface area contributed by atoms with Gasteiger partial charge in [-0.1, -0.05) is 132 Å². The van der Waals surface area contributed by atoms with Gasteiger partial charge in [-0.3, -0.25) is 18.6 Å². The minimum absolute atomic E-state index is 0.0675. The van der Waals surface area contributed by atoms with Crippen LogP contribution in [-0.2, 0) is 27.9 Å². The maximum Gasteiger partial charge on any atom is 0.472 e. The number of allylic oxidation sites excluding steroid dienone is 10. The lowest BCUT2D eigenvalue weighted by molar-refractivity contribution is -0.147. The van der Waals surface area contributed by atoms with E-state index in [1.807, 2.05) is 0 Å². The molecule has 0 aromatic carbocycles. The van der Waals surface area contributed by atoms with Crippen LogP contribution >= 0.6 is 7.82 Å². The van der Waals surface area contributed by atoms with Crippen LogP contribution in [0.4, 0.5) is 0 Å². The molecule has 0 aromatic rings. The second kappa shape index (κ2) is 38.4. The number of amides is 1. The van der Waals surface area contributed by atoms with E-state index in [0.29, 0.717) is 6.42 Å². The minimum Gasteiger partial charge on any atom is -0.463 e. The van der Waals surface area contributed by atoms with Gasteiger partial charge in [0.2, 0.25) is 5.91 Å². The summed E-state index contributed by atoms with van der Waals surface area (Å²) in [6, 6.07) is 0. The van der Waals surface area contributed by atoms with E-state index in [-0.39, 0.29) is 32.1 Å². The number of carbonyl (C=O) groups is 2. The molecule has 0 bridgehead atoms. The Morgan fingerprint density at radius 1 is 0.596 bits per heavy atom. The van der Waals surface area contributed by atoms with Crippen LogP contribution in [0.15, 0.2) is 60.8 Å². The third-order valence-corrected chi connectivity index (χ3v) is 9.14. The highest BCUT2D eigenvalue weighted by molar-refractivity contribution is 7.47. The Morgan fingerprint density at radius 3 is 1.65 bits per heavy atom. The third kappa shape index (κ3) is 38.9. The number of rotatable bonds is 37. The zero-order chi connectivity index (χ0) is 38.2. The number of aliphatic hydroxyl groups is 1. The van der Waals surface area contributed by atoms with E-state index in [4.69, 9.17) is 13.8 Å². The molecule has 2 atom stereocenters. The molecule has 0 saturated heterocycles. The lowest BCUT2D eigenvalue weighted by Gasteiger charge is -2.15. The topological polar surface area (TPSA) is 131 Å². The second-order valence-electron chi connectivity index (χ2n) is 13.2. The van der Waals surface area contributed by atoms with Gasteiger partial charge in [0.15, 0.2) is 0 Å². The number of aliphatic hydroxyl groups excluding tert-OH is 1. The van der Waals surface area contributed by atoms with Crippen molar-refractivity contribution in [2.75, 3.05) is 26.4 Å². The standard InChI is InChI=1S/C42H74NO8P/c1-3-5-7-9-11-13-15-16-17-18-19-20-21-22-23-24-25-26-28-30-32-34-41(45)43-36-37-50-52(47,48)51-39-40(44)38-49-42(46)35-33-31-29-27-14-12-10-8-6-4-2/h8,10-11,13,16-17,19-20,22-23,40,44H,3-7,9,12,14-15,18,21,24-39H2,1-2H3,(H,43,45)(H,47,48)/b10-8-,13-11-,17-16-,20-19-,23-22-. The molecule has 52 heavy (non-hydrogen) atoms. The molecule has 3 N–H and O–H groups in total. The van der Waals surface area contributed by atoms with Crippen molar-refractivity contribution in [3.05, 3.63) is 60.8 Å². The summed E-state index contributed by atoms with van der Waals surface area (Å²) < 4.78 is 26.7. The van der Waals surface area contributed by atoms with Crippen LogP contribution in [-0.4, -0.2) is 54.3 Å². The van der Waals surface area contributed by atoms with Crippen LogP contribution in [0, 0.1) is 0 Å². The van der Waals surface area contributed by atoms with Crippen LogP contribution in [0.2, 0.25) is 0 Å². The SMILES string of the molecule is CCC/C=C\CCCCCCCC(=O)OCC(O)COP(=O)(O)OCCNC(=O)CCCCCCC/C=C\C/C=C\C/C=C\C/C=C\CCCCC. The average Bonchev–Trinajstić information content (AvgIpc) is 3.13.